The lowest BCUT2D eigenvalue weighted by molar-refractivity contribution is 0.270. The van der Waals surface area contributed by atoms with Crippen molar-refractivity contribution in [3.63, 3.8) is 0 Å². The van der Waals surface area contributed by atoms with Gasteiger partial charge in [-0.2, -0.15) is 4.98 Å². The molecule has 0 spiro atoms. The molecule has 138 valence electrons. The van der Waals surface area contributed by atoms with Crippen LogP contribution in [-0.4, -0.2) is 36.2 Å². The maximum Gasteiger partial charge on any atom is 0.226 e. The van der Waals surface area contributed by atoms with Crippen LogP contribution in [0.25, 0.3) is 0 Å². The number of nitrogens with zero attached hydrogens (tertiary/aromatic N) is 3. The number of rotatable bonds is 7. The molecular weight excluding hydrogens is 417 g/mol. The highest BCUT2D eigenvalue weighted by atomic mass is 127. The van der Waals surface area contributed by atoms with E-state index in [0.717, 1.165) is 43.7 Å². The van der Waals surface area contributed by atoms with E-state index in [4.69, 9.17) is 4.52 Å². The maximum absolute atomic E-state index is 5.10. The van der Waals surface area contributed by atoms with Crippen molar-refractivity contribution < 1.29 is 4.52 Å². The molecule has 0 radical (unpaired) electrons. The average molecular weight is 449 g/mol. The van der Waals surface area contributed by atoms with Crippen LogP contribution in [0.3, 0.4) is 0 Å². The van der Waals surface area contributed by atoms with Gasteiger partial charge in [0.2, 0.25) is 5.89 Å². The third-order valence-electron chi connectivity index (χ3n) is 4.54. The number of nitrogens with one attached hydrogen (secondary N) is 2. The fraction of sp³-hybridized carbons (Fsp3) is 0.824. The second kappa shape index (κ2) is 11.7. The molecule has 1 fully saturated rings. The van der Waals surface area contributed by atoms with Gasteiger partial charge in [0, 0.05) is 26.6 Å². The highest BCUT2D eigenvalue weighted by molar-refractivity contribution is 14.0. The summed E-state index contributed by atoms with van der Waals surface area (Å²) in [5, 5.41) is 10.6. The Hall–Kier alpha value is -0.860. The molecule has 1 aromatic rings. The van der Waals surface area contributed by atoms with Crippen LogP contribution in [0.1, 0.15) is 57.2 Å². The van der Waals surface area contributed by atoms with E-state index in [1.165, 1.54) is 32.1 Å². The number of halogens is 1. The molecule has 1 aromatic heterocycles. The van der Waals surface area contributed by atoms with Crippen molar-refractivity contribution in [2.24, 2.45) is 16.8 Å². The first-order valence-electron chi connectivity index (χ1n) is 8.91. The quantitative estimate of drug-likeness (QED) is 0.289. The third kappa shape index (κ3) is 7.81. The SMILES string of the molecule is CN=C(NCCCc1nc(C)no1)NCCC1CCCC(C)C1.I. The summed E-state index contributed by atoms with van der Waals surface area (Å²) in [6, 6.07) is 0. The fourth-order valence-electron chi connectivity index (χ4n) is 3.33. The Morgan fingerprint density at radius 2 is 2.08 bits per heavy atom. The molecule has 0 aromatic carbocycles. The molecule has 1 aliphatic rings. The molecule has 0 amide bonds. The minimum absolute atomic E-state index is 0. The number of aryl methyl sites for hydroxylation is 2. The van der Waals surface area contributed by atoms with Crippen molar-refractivity contribution in [2.75, 3.05) is 20.1 Å². The summed E-state index contributed by atoms with van der Waals surface area (Å²) < 4.78 is 5.10. The molecule has 2 N–H and O–H groups in total. The molecular formula is C17H32IN5O. The van der Waals surface area contributed by atoms with Gasteiger partial charge in [-0.1, -0.05) is 31.3 Å². The molecule has 1 saturated carbocycles. The molecule has 0 bridgehead atoms. The van der Waals surface area contributed by atoms with Gasteiger partial charge in [0.05, 0.1) is 0 Å². The predicted molar refractivity (Wildman–Crippen MR) is 108 cm³/mol. The molecule has 1 heterocycles. The fourth-order valence-corrected chi connectivity index (χ4v) is 3.33. The summed E-state index contributed by atoms with van der Waals surface area (Å²) in [5.74, 6) is 4.07. The number of aromatic nitrogens is 2. The summed E-state index contributed by atoms with van der Waals surface area (Å²) in [6.07, 6.45) is 8.57. The summed E-state index contributed by atoms with van der Waals surface area (Å²) in [4.78, 5) is 8.48. The molecule has 6 nitrogen and oxygen atoms in total. The number of hydrogen-bond donors (Lipinski definition) is 2. The zero-order valence-electron chi connectivity index (χ0n) is 15.2. The number of hydrogen-bond acceptors (Lipinski definition) is 4. The second-order valence-electron chi connectivity index (χ2n) is 6.69. The van der Waals surface area contributed by atoms with Crippen LogP contribution >= 0.6 is 24.0 Å². The molecule has 0 saturated heterocycles. The van der Waals surface area contributed by atoms with Crippen molar-refractivity contribution in [3.8, 4) is 0 Å². The lowest BCUT2D eigenvalue weighted by Gasteiger charge is -2.26. The van der Waals surface area contributed by atoms with Crippen LogP contribution in [-0.2, 0) is 6.42 Å². The van der Waals surface area contributed by atoms with Gasteiger partial charge < -0.3 is 15.2 Å². The van der Waals surface area contributed by atoms with Gasteiger partial charge in [0.25, 0.3) is 0 Å². The van der Waals surface area contributed by atoms with Gasteiger partial charge in [0.1, 0.15) is 0 Å². The molecule has 1 aliphatic carbocycles. The summed E-state index contributed by atoms with van der Waals surface area (Å²) in [5.41, 5.74) is 0. The second-order valence-corrected chi connectivity index (χ2v) is 6.69. The molecule has 2 atom stereocenters. The Morgan fingerprint density at radius 1 is 1.29 bits per heavy atom. The standard InChI is InChI=1S/C17H31N5O.HI/c1-13-6-4-7-15(12-13)9-11-20-17(18-3)19-10-5-8-16-21-14(2)22-23-16;/h13,15H,4-12H2,1-3H3,(H2,18,19,20);1H. The lowest BCUT2D eigenvalue weighted by Crippen LogP contribution is -2.39. The van der Waals surface area contributed by atoms with Gasteiger partial charge in [-0.3, -0.25) is 4.99 Å². The van der Waals surface area contributed by atoms with Crippen molar-refractivity contribution >= 4 is 29.9 Å². The highest BCUT2D eigenvalue weighted by Crippen LogP contribution is 2.30. The van der Waals surface area contributed by atoms with Gasteiger partial charge in [-0.05, 0) is 38.0 Å². The van der Waals surface area contributed by atoms with E-state index in [-0.39, 0.29) is 24.0 Å². The lowest BCUT2D eigenvalue weighted by atomic mass is 9.81. The van der Waals surface area contributed by atoms with Crippen LogP contribution < -0.4 is 10.6 Å². The van der Waals surface area contributed by atoms with E-state index in [1.54, 1.807) is 0 Å². The van der Waals surface area contributed by atoms with Gasteiger partial charge in [-0.25, -0.2) is 0 Å². The van der Waals surface area contributed by atoms with Crippen molar-refractivity contribution in [3.05, 3.63) is 11.7 Å². The Kier molecular flexibility index (Phi) is 10.3. The van der Waals surface area contributed by atoms with Crippen LogP contribution in [0.4, 0.5) is 0 Å². The number of aliphatic imine (C=N–C) groups is 1. The van der Waals surface area contributed by atoms with E-state index in [1.807, 2.05) is 14.0 Å². The van der Waals surface area contributed by atoms with Crippen LogP contribution in [0, 0.1) is 18.8 Å². The Bertz CT molecular complexity index is 491. The van der Waals surface area contributed by atoms with E-state index in [2.05, 4.69) is 32.7 Å². The minimum atomic E-state index is 0. The Morgan fingerprint density at radius 3 is 2.75 bits per heavy atom. The van der Waals surface area contributed by atoms with Gasteiger partial charge in [-0.15, -0.1) is 24.0 Å². The molecule has 2 unspecified atom stereocenters. The Balaban J connectivity index is 0.00000288. The zero-order valence-corrected chi connectivity index (χ0v) is 17.5. The van der Waals surface area contributed by atoms with Crippen LogP contribution in [0.15, 0.2) is 9.52 Å². The average Bonchev–Trinajstić information content (AvgIpc) is 2.95. The molecule has 0 aliphatic heterocycles. The van der Waals surface area contributed by atoms with Crippen LogP contribution in [0.2, 0.25) is 0 Å². The van der Waals surface area contributed by atoms with E-state index in [9.17, 15) is 0 Å². The van der Waals surface area contributed by atoms with Crippen molar-refractivity contribution in [1.29, 1.82) is 0 Å². The molecule has 7 heteroatoms. The van der Waals surface area contributed by atoms with Gasteiger partial charge in [0.15, 0.2) is 11.8 Å². The van der Waals surface area contributed by atoms with Crippen molar-refractivity contribution in [1.82, 2.24) is 20.8 Å². The minimum Gasteiger partial charge on any atom is -0.356 e. The summed E-state index contributed by atoms with van der Waals surface area (Å²) in [7, 11) is 1.82. The molecule has 2 rings (SSSR count). The zero-order chi connectivity index (χ0) is 16.5. The first-order chi connectivity index (χ1) is 11.2. The van der Waals surface area contributed by atoms with Crippen LogP contribution in [0.5, 0.6) is 0 Å². The topological polar surface area (TPSA) is 75.3 Å². The first kappa shape index (κ1) is 21.2. The molecule has 24 heavy (non-hydrogen) atoms. The van der Waals surface area contributed by atoms with E-state index < -0.39 is 0 Å². The monoisotopic (exact) mass is 449 g/mol. The summed E-state index contributed by atoms with van der Waals surface area (Å²) in [6.45, 7) is 6.07. The normalized spacial score (nSPS) is 21.2. The van der Waals surface area contributed by atoms with E-state index >= 15 is 0 Å². The largest absolute Gasteiger partial charge is 0.356 e. The highest BCUT2D eigenvalue weighted by Gasteiger charge is 2.18. The predicted octanol–water partition coefficient (Wildman–Crippen LogP) is 3.31. The maximum atomic E-state index is 5.10. The number of guanidine groups is 1. The third-order valence-corrected chi connectivity index (χ3v) is 4.54. The first-order valence-corrected chi connectivity index (χ1v) is 8.91. The van der Waals surface area contributed by atoms with E-state index in [0.29, 0.717) is 11.7 Å². The smallest absolute Gasteiger partial charge is 0.226 e. The van der Waals surface area contributed by atoms with Crippen molar-refractivity contribution in [2.45, 2.75) is 58.8 Å². The summed E-state index contributed by atoms with van der Waals surface area (Å²) >= 11 is 0. The Labute approximate surface area is 162 Å². The van der Waals surface area contributed by atoms with Gasteiger partial charge >= 0.3 is 0 Å².